The van der Waals surface area contributed by atoms with Crippen LogP contribution in [-0.4, -0.2) is 14.7 Å². The molecule has 2 rings (SSSR count). The first-order valence-corrected chi connectivity index (χ1v) is 5.37. The Hall–Kier alpha value is -2.68. The van der Waals surface area contributed by atoms with Crippen LogP contribution in [-0.2, 0) is 6.54 Å². The molecule has 0 aliphatic heterocycles. The molecule has 0 bridgehead atoms. The van der Waals surface area contributed by atoms with Gasteiger partial charge in [0, 0.05) is 36.0 Å². The Labute approximate surface area is 103 Å². The maximum atomic E-state index is 10.6. The van der Waals surface area contributed by atoms with E-state index in [1.807, 2.05) is 19.2 Å². The van der Waals surface area contributed by atoms with Gasteiger partial charge in [-0.2, -0.15) is 10.4 Å². The van der Waals surface area contributed by atoms with Crippen LogP contribution in [0.3, 0.4) is 0 Å². The van der Waals surface area contributed by atoms with Crippen molar-refractivity contribution in [1.29, 1.82) is 5.26 Å². The van der Waals surface area contributed by atoms with Gasteiger partial charge in [-0.25, -0.2) is 0 Å². The van der Waals surface area contributed by atoms with E-state index in [-0.39, 0.29) is 11.3 Å². The molecule has 0 N–H and O–H groups in total. The summed E-state index contributed by atoms with van der Waals surface area (Å²) in [5.74, 6) is 0. The van der Waals surface area contributed by atoms with Gasteiger partial charge in [0.15, 0.2) is 0 Å². The summed E-state index contributed by atoms with van der Waals surface area (Å²) in [5.41, 5.74) is 1.63. The van der Waals surface area contributed by atoms with E-state index in [9.17, 15) is 10.1 Å². The second-order valence-electron chi connectivity index (χ2n) is 3.68. The molecule has 90 valence electrons. The van der Waals surface area contributed by atoms with Crippen LogP contribution in [0.4, 0.5) is 5.69 Å². The Bertz CT molecular complexity index is 640. The van der Waals surface area contributed by atoms with Crippen molar-refractivity contribution in [1.82, 2.24) is 9.78 Å². The monoisotopic (exact) mass is 242 g/mol. The van der Waals surface area contributed by atoms with E-state index < -0.39 is 4.92 Å². The van der Waals surface area contributed by atoms with Gasteiger partial charge in [-0.1, -0.05) is 0 Å². The van der Waals surface area contributed by atoms with Crippen molar-refractivity contribution in [2.24, 2.45) is 0 Å². The third-order valence-electron chi connectivity index (χ3n) is 2.60. The quantitative estimate of drug-likeness (QED) is 0.610. The topological polar surface area (TPSA) is 84.7 Å². The molecule has 1 aromatic heterocycles. The summed E-state index contributed by atoms with van der Waals surface area (Å²) in [7, 11) is 0. The molecule has 0 atom stereocenters. The van der Waals surface area contributed by atoms with E-state index >= 15 is 0 Å². The lowest BCUT2D eigenvalue weighted by Crippen LogP contribution is -1.92. The van der Waals surface area contributed by atoms with Gasteiger partial charge < -0.3 is 0 Å². The first-order valence-electron chi connectivity index (χ1n) is 5.37. The molecule has 6 nitrogen and oxygen atoms in total. The van der Waals surface area contributed by atoms with E-state index in [0.717, 1.165) is 12.1 Å². The molecule has 0 saturated carbocycles. The summed E-state index contributed by atoms with van der Waals surface area (Å²) in [6.07, 6.45) is 3.45. The van der Waals surface area contributed by atoms with Crippen molar-refractivity contribution in [3.05, 3.63) is 46.3 Å². The summed E-state index contributed by atoms with van der Waals surface area (Å²) in [4.78, 5) is 10.1. The van der Waals surface area contributed by atoms with E-state index in [1.54, 1.807) is 16.9 Å². The predicted molar refractivity (Wildman–Crippen MR) is 64.7 cm³/mol. The third kappa shape index (κ3) is 2.06. The fourth-order valence-corrected chi connectivity index (χ4v) is 1.67. The summed E-state index contributed by atoms with van der Waals surface area (Å²) < 4.78 is 1.73. The van der Waals surface area contributed by atoms with E-state index in [1.165, 1.54) is 12.1 Å². The molecule has 0 amide bonds. The van der Waals surface area contributed by atoms with Crippen molar-refractivity contribution >= 4 is 5.69 Å². The largest absolute Gasteiger partial charge is 0.272 e. The summed E-state index contributed by atoms with van der Waals surface area (Å²) in [6, 6.07) is 6.22. The minimum absolute atomic E-state index is 0.0850. The number of hydrogen-bond acceptors (Lipinski definition) is 4. The van der Waals surface area contributed by atoms with Crippen LogP contribution in [0.1, 0.15) is 12.5 Å². The van der Waals surface area contributed by atoms with Crippen LogP contribution in [0.2, 0.25) is 0 Å². The molecule has 1 aromatic carbocycles. The number of rotatable bonds is 3. The predicted octanol–water partition coefficient (Wildman–Crippen LogP) is 2.35. The fourth-order valence-electron chi connectivity index (χ4n) is 1.67. The first-order chi connectivity index (χ1) is 8.65. The highest BCUT2D eigenvalue weighted by Crippen LogP contribution is 2.26. The fraction of sp³-hybridized carbons (Fsp3) is 0.167. The van der Waals surface area contributed by atoms with E-state index in [4.69, 9.17) is 5.26 Å². The zero-order valence-electron chi connectivity index (χ0n) is 9.70. The second kappa shape index (κ2) is 4.67. The Morgan fingerprint density at radius 3 is 2.89 bits per heavy atom. The molecule has 0 saturated heterocycles. The van der Waals surface area contributed by atoms with Crippen molar-refractivity contribution in [2.75, 3.05) is 0 Å². The maximum Gasteiger partial charge on any atom is 0.270 e. The molecule has 0 aliphatic rings. The van der Waals surface area contributed by atoms with Crippen LogP contribution in [0.15, 0.2) is 30.6 Å². The molecule has 0 unspecified atom stereocenters. The molecular weight excluding hydrogens is 232 g/mol. The van der Waals surface area contributed by atoms with Gasteiger partial charge in [0.2, 0.25) is 0 Å². The third-order valence-corrected chi connectivity index (χ3v) is 2.60. The normalized spacial score (nSPS) is 10.0. The molecule has 0 spiro atoms. The van der Waals surface area contributed by atoms with Crippen LogP contribution in [0.25, 0.3) is 11.1 Å². The number of non-ortho nitro benzene ring substituents is 1. The molecular formula is C12H10N4O2. The molecule has 18 heavy (non-hydrogen) atoms. The minimum atomic E-state index is -0.514. The van der Waals surface area contributed by atoms with Gasteiger partial charge in [0.1, 0.15) is 6.07 Å². The highest BCUT2D eigenvalue weighted by Gasteiger charge is 2.12. The van der Waals surface area contributed by atoms with Gasteiger partial charge >= 0.3 is 0 Å². The highest BCUT2D eigenvalue weighted by atomic mass is 16.6. The van der Waals surface area contributed by atoms with Gasteiger partial charge in [-0.15, -0.1) is 0 Å². The second-order valence-corrected chi connectivity index (χ2v) is 3.68. The highest BCUT2D eigenvalue weighted by molar-refractivity contribution is 5.71. The van der Waals surface area contributed by atoms with Crippen molar-refractivity contribution in [3.63, 3.8) is 0 Å². The smallest absolute Gasteiger partial charge is 0.270 e. The number of hydrogen-bond donors (Lipinski definition) is 0. The van der Waals surface area contributed by atoms with Gasteiger partial charge in [0.05, 0.1) is 16.7 Å². The van der Waals surface area contributed by atoms with Crippen LogP contribution < -0.4 is 0 Å². The maximum absolute atomic E-state index is 10.6. The minimum Gasteiger partial charge on any atom is -0.272 e. The zero-order chi connectivity index (χ0) is 13.1. The molecule has 2 aromatic rings. The lowest BCUT2D eigenvalue weighted by Gasteiger charge is -2.00. The molecule has 0 radical (unpaired) electrons. The Morgan fingerprint density at radius 2 is 2.33 bits per heavy atom. The lowest BCUT2D eigenvalue weighted by molar-refractivity contribution is -0.384. The first kappa shape index (κ1) is 11.8. The average molecular weight is 242 g/mol. The number of nitro benzene ring substituents is 1. The Kier molecular flexibility index (Phi) is 3.06. The van der Waals surface area contributed by atoms with Gasteiger partial charge in [-0.05, 0) is 13.0 Å². The van der Waals surface area contributed by atoms with Crippen molar-refractivity contribution < 1.29 is 4.92 Å². The van der Waals surface area contributed by atoms with Gasteiger partial charge in [0.25, 0.3) is 5.69 Å². The number of aromatic nitrogens is 2. The molecule has 1 heterocycles. The summed E-state index contributed by atoms with van der Waals surface area (Å²) in [5, 5.41) is 23.8. The molecule has 6 heteroatoms. The van der Waals surface area contributed by atoms with E-state index in [2.05, 4.69) is 5.10 Å². The average Bonchev–Trinajstić information content (AvgIpc) is 2.86. The number of nitriles is 1. The van der Waals surface area contributed by atoms with Crippen LogP contribution >= 0.6 is 0 Å². The standard InChI is InChI=1S/C12H10N4O2/c1-2-15-8-10(7-14-15)12-4-3-11(16(17)18)5-9(12)6-13/h3-5,7-8H,2H2,1H3. The number of nitro groups is 1. The van der Waals surface area contributed by atoms with E-state index in [0.29, 0.717) is 5.56 Å². The van der Waals surface area contributed by atoms with Gasteiger partial charge in [-0.3, -0.25) is 14.8 Å². The zero-order valence-corrected chi connectivity index (χ0v) is 9.70. The Morgan fingerprint density at radius 1 is 1.56 bits per heavy atom. The van der Waals surface area contributed by atoms with Crippen molar-refractivity contribution in [3.8, 4) is 17.2 Å². The summed E-state index contributed by atoms with van der Waals surface area (Å²) >= 11 is 0. The number of aryl methyl sites for hydroxylation is 1. The molecule has 0 fully saturated rings. The van der Waals surface area contributed by atoms with Crippen LogP contribution in [0, 0.1) is 21.4 Å². The lowest BCUT2D eigenvalue weighted by atomic mass is 10.0. The number of nitrogens with zero attached hydrogens (tertiary/aromatic N) is 4. The summed E-state index contributed by atoms with van der Waals surface area (Å²) in [6.45, 7) is 2.69. The molecule has 0 aliphatic carbocycles. The SMILES string of the molecule is CCn1cc(-c2ccc([N+](=O)[O-])cc2C#N)cn1. The van der Waals surface area contributed by atoms with Crippen LogP contribution in [0.5, 0.6) is 0 Å². The number of benzene rings is 1. The Balaban J connectivity index is 2.51. The van der Waals surface area contributed by atoms with Crippen molar-refractivity contribution in [2.45, 2.75) is 13.5 Å².